The molecule has 3 heterocycles. The van der Waals surface area contributed by atoms with E-state index in [-0.39, 0.29) is 0 Å². The summed E-state index contributed by atoms with van der Waals surface area (Å²) in [5.74, 6) is 1.50. The Bertz CT molecular complexity index is 928. The molecule has 3 aromatic rings. The quantitative estimate of drug-likeness (QED) is 0.563. The third kappa shape index (κ3) is 4.64. The van der Waals surface area contributed by atoms with E-state index in [1.165, 1.54) is 0 Å². The van der Waals surface area contributed by atoms with Crippen LogP contribution in [0, 0.1) is 0 Å². The zero-order valence-corrected chi connectivity index (χ0v) is 17.2. The number of aromatic nitrogens is 5. The van der Waals surface area contributed by atoms with Crippen molar-refractivity contribution < 1.29 is 0 Å². The molecule has 3 aromatic heterocycles. The Balaban J connectivity index is 1.51. The average Bonchev–Trinajstić information content (AvgIpc) is 3.14. The molecule has 0 aromatic carbocycles. The third-order valence-corrected chi connectivity index (χ3v) is 5.53. The third-order valence-electron chi connectivity index (χ3n) is 5.53. The predicted molar refractivity (Wildman–Crippen MR) is 116 cm³/mol. The van der Waals surface area contributed by atoms with Crippen LogP contribution in [0.2, 0.25) is 0 Å². The van der Waals surface area contributed by atoms with Crippen molar-refractivity contribution in [3.05, 3.63) is 30.7 Å². The van der Waals surface area contributed by atoms with Crippen LogP contribution in [0.3, 0.4) is 0 Å². The van der Waals surface area contributed by atoms with E-state index in [2.05, 4.69) is 39.4 Å². The van der Waals surface area contributed by atoms with Crippen molar-refractivity contribution in [1.82, 2.24) is 24.6 Å². The highest BCUT2D eigenvalue weighted by atomic mass is 15.3. The maximum absolute atomic E-state index is 6.02. The van der Waals surface area contributed by atoms with Crippen LogP contribution in [0.4, 0.5) is 11.8 Å². The van der Waals surface area contributed by atoms with Gasteiger partial charge in [0.25, 0.3) is 0 Å². The molecule has 8 heteroatoms. The number of fused-ring (bicyclic) bond motifs is 1. The van der Waals surface area contributed by atoms with Crippen LogP contribution in [0.1, 0.15) is 52.4 Å². The van der Waals surface area contributed by atoms with Gasteiger partial charge in [0.05, 0.1) is 11.9 Å². The summed E-state index contributed by atoms with van der Waals surface area (Å²) in [6, 6.07) is 5.08. The summed E-state index contributed by atoms with van der Waals surface area (Å²) in [5, 5.41) is 11.6. The first-order valence-corrected chi connectivity index (χ1v) is 10.6. The molecule has 0 amide bonds. The highest BCUT2D eigenvalue weighted by molar-refractivity contribution is 5.62. The van der Waals surface area contributed by atoms with Crippen molar-refractivity contribution in [3.8, 4) is 11.3 Å². The largest absolute Gasteiger partial charge is 0.366 e. The van der Waals surface area contributed by atoms with Crippen LogP contribution in [0.15, 0.2) is 30.7 Å². The number of nitrogens with two attached hydrogens (primary N) is 1. The lowest BCUT2D eigenvalue weighted by molar-refractivity contribution is 0.410. The van der Waals surface area contributed by atoms with Gasteiger partial charge in [-0.25, -0.2) is 19.5 Å². The summed E-state index contributed by atoms with van der Waals surface area (Å²) in [6.45, 7) is 4.32. The molecule has 0 saturated heterocycles. The Kier molecular flexibility index (Phi) is 5.89. The number of anilines is 2. The Morgan fingerprint density at radius 2 is 1.86 bits per heavy atom. The molecule has 0 aliphatic heterocycles. The van der Waals surface area contributed by atoms with E-state index in [9.17, 15) is 0 Å². The van der Waals surface area contributed by atoms with Crippen LogP contribution in [-0.2, 0) is 0 Å². The smallest absolute Gasteiger partial charge is 0.222 e. The van der Waals surface area contributed by atoms with Crippen molar-refractivity contribution in [1.29, 1.82) is 0 Å². The van der Waals surface area contributed by atoms with Crippen molar-refractivity contribution in [3.63, 3.8) is 0 Å². The van der Waals surface area contributed by atoms with E-state index in [1.807, 2.05) is 35.2 Å². The maximum Gasteiger partial charge on any atom is 0.222 e. The summed E-state index contributed by atoms with van der Waals surface area (Å²) in [7, 11) is 0. The van der Waals surface area contributed by atoms with Gasteiger partial charge in [0.2, 0.25) is 5.95 Å². The second kappa shape index (κ2) is 8.73. The van der Waals surface area contributed by atoms with Gasteiger partial charge in [-0.05, 0) is 51.2 Å². The molecule has 1 aliphatic carbocycles. The highest BCUT2D eigenvalue weighted by Crippen LogP contribution is 2.23. The second-order valence-electron chi connectivity index (χ2n) is 8.02. The monoisotopic (exact) mass is 394 g/mol. The maximum atomic E-state index is 6.02. The average molecular weight is 395 g/mol. The standard InChI is InChI=1S/C21H30N8/c1-3-4-14(2)26-21-24-11-15(12-25-21)18-13-23-20-10-9-19(28-29(18)20)27-17-7-5-16(22)6-8-17/h9-14,16-17H,3-8,22H2,1-2H3,(H,27,28)(H,24,25,26)/t14?,16-,17-. The molecular weight excluding hydrogens is 364 g/mol. The summed E-state index contributed by atoms with van der Waals surface area (Å²) < 4.78 is 1.85. The fourth-order valence-corrected chi connectivity index (χ4v) is 3.88. The number of nitrogens with one attached hydrogen (secondary N) is 2. The molecule has 29 heavy (non-hydrogen) atoms. The first-order chi connectivity index (χ1) is 14.1. The van der Waals surface area contributed by atoms with E-state index in [4.69, 9.17) is 10.8 Å². The lowest BCUT2D eigenvalue weighted by Crippen LogP contribution is -2.33. The molecule has 0 spiro atoms. The minimum atomic E-state index is 0.339. The van der Waals surface area contributed by atoms with Crippen molar-refractivity contribution in [2.24, 2.45) is 5.73 Å². The number of hydrogen-bond acceptors (Lipinski definition) is 7. The van der Waals surface area contributed by atoms with Gasteiger partial charge < -0.3 is 16.4 Å². The van der Waals surface area contributed by atoms with Gasteiger partial charge in [-0.1, -0.05) is 13.3 Å². The van der Waals surface area contributed by atoms with Crippen molar-refractivity contribution in [2.75, 3.05) is 10.6 Å². The van der Waals surface area contributed by atoms with E-state index in [0.29, 0.717) is 24.1 Å². The molecule has 8 nitrogen and oxygen atoms in total. The fraction of sp³-hybridized carbons (Fsp3) is 0.524. The van der Waals surface area contributed by atoms with E-state index in [1.54, 1.807) is 0 Å². The Labute approximate surface area is 171 Å². The topological polar surface area (TPSA) is 106 Å². The molecular formula is C21H30N8. The van der Waals surface area contributed by atoms with Crippen LogP contribution in [0.5, 0.6) is 0 Å². The lowest BCUT2D eigenvalue weighted by atomic mass is 9.92. The Hall–Kier alpha value is -2.74. The van der Waals surface area contributed by atoms with E-state index < -0.39 is 0 Å². The number of rotatable bonds is 7. The van der Waals surface area contributed by atoms with Gasteiger partial charge in [-0.3, -0.25) is 0 Å². The zero-order chi connectivity index (χ0) is 20.2. The van der Waals surface area contributed by atoms with Crippen molar-refractivity contribution >= 4 is 17.4 Å². The van der Waals surface area contributed by atoms with Gasteiger partial charge in [0.1, 0.15) is 5.82 Å². The molecule has 1 saturated carbocycles. The fourth-order valence-electron chi connectivity index (χ4n) is 3.88. The zero-order valence-electron chi connectivity index (χ0n) is 17.2. The summed E-state index contributed by atoms with van der Waals surface area (Å²) in [6.07, 6.45) is 12.0. The number of imidazole rings is 1. The molecule has 1 fully saturated rings. The van der Waals surface area contributed by atoms with Crippen LogP contribution in [0.25, 0.3) is 16.9 Å². The Morgan fingerprint density at radius 3 is 2.59 bits per heavy atom. The molecule has 0 radical (unpaired) electrons. The number of nitrogens with zero attached hydrogens (tertiary/aromatic N) is 5. The SMILES string of the molecule is CCCC(C)Nc1ncc(-c2cnc3ccc(N[C@H]4CC[C@H](N)CC4)nn23)cn1. The van der Waals surface area contributed by atoms with Gasteiger partial charge in [0.15, 0.2) is 5.65 Å². The highest BCUT2D eigenvalue weighted by Gasteiger charge is 2.19. The molecule has 4 rings (SSSR count). The molecule has 0 bridgehead atoms. The molecule has 154 valence electrons. The molecule has 1 aliphatic rings. The summed E-state index contributed by atoms with van der Waals surface area (Å²) >= 11 is 0. The van der Waals surface area contributed by atoms with Crippen LogP contribution in [-0.4, -0.2) is 42.7 Å². The number of hydrogen-bond donors (Lipinski definition) is 3. The normalized spacial score (nSPS) is 20.5. The van der Waals surface area contributed by atoms with Gasteiger partial charge >= 0.3 is 0 Å². The second-order valence-corrected chi connectivity index (χ2v) is 8.02. The van der Waals surface area contributed by atoms with E-state index in [0.717, 1.165) is 61.2 Å². The molecule has 1 atom stereocenters. The summed E-state index contributed by atoms with van der Waals surface area (Å²) in [4.78, 5) is 13.4. The minimum Gasteiger partial charge on any atom is -0.366 e. The Morgan fingerprint density at radius 1 is 1.10 bits per heavy atom. The van der Waals surface area contributed by atoms with Gasteiger partial charge in [-0.2, -0.15) is 0 Å². The van der Waals surface area contributed by atoms with Gasteiger partial charge in [-0.15, -0.1) is 5.10 Å². The predicted octanol–water partition coefficient (Wildman–Crippen LogP) is 3.47. The van der Waals surface area contributed by atoms with E-state index >= 15 is 0 Å². The molecule has 1 unspecified atom stereocenters. The molecule has 4 N–H and O–H groups in total. The van der Waals surface area contributed by atoms with Crippen LogP contribution >= 0.6 is 0 Å². The first-order valence-electron chi connectivity index (χ1n) is 10.6. The first kappa shape index (κ1) is 19.6. The van der Waals surface area contributed by atoms with Crippen molar-refractivity contribution in [2.45, 2.75) is 70.5 Å². The van der Waals surface area contributed by atoms with Gasteiger partial charge in [0, 0.05) is 36.1 Å². The minimum absolute atomic E-state index is 0.339. The van der Waals surface area contributed by atoms with Crippen LogP contribution < -0.4 is 16.4 Å². The lowest BCUT2D eigenvalue weighted by Gasteiger charge is -2.27. The summed E-state index contributed by atoms with van der Waals surface area (Å²) in [5.41, 5.74) is 8.58.